The summed E-state index contributed by atoms with van der Waals surface area (Å²) in [5, 5.41) is 0. The summed E-state index contributed by atoms with van der Waals surface area (Å²) in [6.45, 7) is 5.46. The summed E-state index contributed by atoms with van der Waals surface area (Å²) in [6.07, 6.45) is 0. The van der Waals surface area contributed by atoms with E-state index in [0.717, 1.165) is 21.6 Å². The topological polar surface area (TPSA) is 17.1 Å². The molecular formula is C10H12OS. The van der Waals surface area contributed by atoms with Gasteiger partial charge in [0.15, 0.2) is 5.78 Å². The number of carbonyl (C=O) groups excluding carboxylic acids is 1. The zero-order chi connectivity index (χ0) is 9.30. The molecule has 0 aliphatic rings. The molecule has 1 rings (SSSR count). The van der Waals surface area contributed by atoms with E-state index < -0.39 is 0 Å². The van der Waals surface area contributed by atoms with Crippen LogP contribution in [0.5, 0.6) is 0 Å². The van der Waals surface area contributed by atoms with Crippen molar-refractivity contribution in [1.29, 1.82) is 0 Å². The Balaban J connectivity index is 3.38. The minimum absolute atomic E-state index is 0.123. The number of ketones is 1. The number of carbonyl (C=O) groups is 1. The van der Waals surface area contributed by atoms with E-state index in [1.165, 1.54) is 0 Å². The maximum atomic E-state index is 11.2. The summed E-state index contributed by atoms with van der Waals surface area (Å²) in [6, 6.07) is 3.82. The first kappa shape index (κ1) is 9.33. The highest BCUT2D eigenvalue weighted by Crippen LogP contribution is 2.19. The van der Waals surface area contributed by atoms with Gasteiger partial charge in [-0.1, -0.05) is 0 Å². The molecule has 0 fully saturated rings. The molecule has 64 valence electrons. The first-order chi connectivity index (χ1) is 5.52. The first-order valence-electron chi connectivity index (χ1n) is 3.83. The zero-order valence-corrected chi connectivity index (χ0v) is 8.40. The Morgan fingerprint density at radius 1 is 1.25 bits per heavy atom. The summed E-state index contributed by atoms with van der Waals surface area (Å²) >= 11 is 4.23. The molecule has 0 aliphatic carbocycles. The molecule has 0 aromatic heterocycles. The SMILES string of the molecule is CC(=O)c1c(C)cc(S)cc1C. The Morgan fingerprint density at radius 2 is 1.67 bits per heavy atom. The van der Waals surface area contributed by atoms with Crippen molar-refractivity contribution < 1.29 is 4.79 Å². The molecule has 1 aromatic carbocycles. The molecule has 1 aromatic rings. The van der Waals surface area contributed by atoms with Crippen molar-refractivity contribution in [2.24, 2.45) is 0 Å². The summed E-state index contributed by atoms with van der Waals surface area (Å²) in [5.74, 6) is 0.123. The van der Waals surface area contributed by atoms with Gasteiger partial charge < -0.3 is 0 Å². The third kappa shape index (κ3) is 1.69. The number of hydrogen-bond acceptors (Lipinski definition) is 2. The molecule has 0 saturated carbocycles. The van der Waals surface area contributed by atoms with E-state index in [-0.39, 0.29) is 5.78 Å². The van der Waals surface area contributed by atoms with Gasteiger partial charge >= 0.3 is 0 Å². The largest absolute Gasteiger partial charge is 0.294 e. The number of benzene rings is 1. The zero-order valence-electron chi connectivity index (χ0n) is 7.51. The van der Waals surface area contributed by atoms with Crippen LogP contribution in [-0.2, 0) is 0 Å². The van der Waals surface area contributed by atoms with Crippen molar-refractivity contribution in [2.75, 3.05) is 0 Å². The Bertz CT molecular complexity index is 306. The van der Waals surface area contributed by atoms with Crippen LogP contribution in [0, 0.1) is 13.8 Å². The summed E-state index contributed by atoms with van der Waals surface area (Å²) in [7, 11) is 0. The van der Waals surface area contributed by atoms with Crippen LogP contribution < -0.4 is 0 Å². The van der Waals surface area contributed by atoms with Crippen molar-refractivity contribution in [3.8, 4) is 0 Å². The smallest absolute Gasteiger partial charge is 0.160 e. The average molecular weight is 180 g/mol. The molecule has 2 heteroatoms. The van der Waals surface area contributed by atoms with Crippen molar-refractivity contribution >= 4 is 18.4 Å². The molecule has 0 N–H and O–H groups in total. The van der Waals surface area contributed by atoms with Gasteiger partial charge in [0.1, 0.15) is 0 Å². The fourth-order valence-corrected chi connectivity index (χ4v) is 1.88. The van der Waals surface area contributed by atoms with E-state index in [1.54, 1.807) is 6.92 Å². The van der Waals surface area contributed by atoms with Crippen LogP contribution in [0.25, 0.3) is 0 Å². The number of Topliss-reactive ketones (excluding diaryl/α,β-unsaturated/α-hetero) is 1. The van der Waals surface area contributed by atoms with Crippen LogP contribution in [0.1, 0.15) is 28.4 Å². The van der Waals surface area contributed by atoms with E-state index >= 15 is 0 Å². The minimum atomic E-state index is 0.123. The fraction of sp³-hybridized carbons (Fsp3) is 0.300. The van der Waals surface area contributed by atoms with Gasteiger partial charge in [0.2, 0.25) is 0 Å². The van der Waals surface area contributed by atoms with Crippen LogP contribution in [0.15, 0.2) is 17.0 Å². The molecule has 0 saturated heterocycles. The standard InChI is InChI=1S/C10H12OS/c1-6-4-9(12)5-7(2)10(6)8(3)11/h4-5,12H,1-3H3. The predicted octanol–water partition coefficient (Wildman–Crippen LogP) is 2.79. The van der Waals surface area contributed by atoms with E-state index in [1.807, 2.05) is 26.0 Å². The third-order valence-electron chi connectivity index (χ3n) is 1.87. The van der Waals surface area contributed by atoms with Crippen molar-refractivity contribution in [1.82, 2.24) is 0 Å². The van der Waals surface area contributed by atoms with Gasteiger partial charge in [-0.05, 0) is 44.0 Å². The lowest BCUT2D eigenvalue weighted by molar-refractivity contribution is 0.101. The molecule has 12 heavy (non-hydrogen) atoms. The molecule has 0 radical (unpaired) electrons. The van der Waals surface area contributed by atoms with Crippen molar-refractivity contribution in [3.63, 3.8) is 0 Å². The van der Waals surface area contributed by atoms with Gasteiger partial charge in [0, 0.05) is 10.5 Å². The molecule has 0 spiro atoms. The molecular weight excluding hydrogens is 168 g/mol. The van der Waals surface area contributed by atoms with Gasteiger partial charge in [0.25, 0.3) is 0 Å². The lowest BCUT2D eigenvalue weighted by Gasteiger charge is -2.06. The number of thiol groups is 1. The van der Waals surface area contributed by atoms with Gasteiger partial charge in [-0.15, -0.1) is 12.6 Å². The predicted molar refractivity (Wildman–Crippen MR) is 53.2 cm³/mol. The van der Waals surface area contributed by atoms with E-state index in [2.05, 4.69) is 12.6 Å². The maximum Gasteiger partial charge on any atom is 0.160 e. The van der Waals surface area contributed by atoms with Crippen LogP contribution in [0.2, 0.25) is 0 Å². The Labute approximate surface area is 78.2 Å². The lowest BCUT2D eigenvalue weighted by Crippen LogP contribution is -1.99. The maximum absolute atomic E-state index is 11.2. The Hall–Kier alpha value is -0.760. The second kappa shape index (κ2) is 3.31. The highest BCUT2D eigenvalue weighted by Gasteiger charge is 2.07. The van der Waals surface area contributed by atoms with E-state index in [0.29, 0.717) is 0 Å². The second-order valence-corrected chi connectivity index (χ2v) is 3.53. The lowest BCUT2D eigenvalue weighted by atomic mass is 10.0. The number of hydrogen-bond donors (Lipinski definition) is 1. The number of rotatable bonds is 1. The minimum Gasteiger partial charge on any atom is -0.294 e. The fourth-order valence-electron chi connectivity index (χ4n) is 1.50. The Kier molecular flexibility index (Phi) is 2.58. The number of aryl methyl sites for hydroxylation is 2. The molecule has 0 heterocycles. The van der Waals surface area contributed by atoms with Crippen molar-refractivity contribution in [3.05, 3.63) is 28.8 Å². The monoisotopic (exact) mass is 180 g/mol. The van der Waals surface area contributed by atoms with E-state index in [4.69, 9.17) is 0 Å². The van der Waals surface area contributed by atoms with Crippen LogP contribution in [0.3, 0.4) is 0 Å². The third-order valence-corrected chi connectivity index (χ3v) is 2.13. The molecule has 0 amide bonds. The van der Waals surface area contributed by atoms with Crippen molar-refractivity contribution in [2.45, 2.75) is 25.7 Å². The summed E-state index contributed by atoms with van der Waals surface area (Å²) < 4.78 is 0. The van der Waals surface area contributed by atoms with Gasteiger partial charge in [-0.2, -0.15) is 0 Å². The van der Waals surface area contributed by atoms with Gasteiger partial charge in [-0.25, -0.2) is 0 Å². The average Bonchev–Trinajstić information content (AvgIpc) is 1.82. The first-order valence-corrected chi connectivity index (χ1v) is 4.28. The van der Waals surface area contributed by atoms with Crippen LogP contribution in [-0.4, -0.2) is 5.78 Å². The highest BCUT2D eigenvalue weighted by atomic mass is 32.1. The Morgan fingerprint density at radius 3 is 2.00 bits per heavy atom. The van der Waals surface area contributed by atoms with E-state index in [9.17, 15) is 4.79 Å². The summed E-state index contributed by atoms with van der Waals surface area (Å²) in [5.41, 5.74) is 2.84. The van der Waals surface area contributed by atoms with Gasteiger partial charge in [0.05, 0.1) is 0 Å². The normalized spacial score (nSPS) is 10.0. The van der Waals surface area contributed by atoms with Crippen LogP contribution >= 0.6 is 12.6 Å². The molecule has 0 atom stereocenters. The molecule has 0 bridgehead atoms. The quantitative estimate of drug-likeness (QED) is 0.519. The summed E-state index contributed by atoms with van der Waals surface area (Å²) in [4.78, 5) is 12.1. The second-order valence-electron chi connectivity index (χ2n) is 3.01. The van der Waals surface area contributed by atoms with Crippen LogP contribution in [0.4, 0.5) is 0 Å². The molecule has 1 nitrogen and oxygen atoms in total. The highest BCUT2D eigenvalue weighted by molar-refractivity contribution is 7.80. The molecule has 0 unspecified atom stereocenters. The van der Waals surface area contributed by atoms with Gasteiger partial charge in [-0.3, -0.25) is 4.79 Å². The molecule has 0 aliphatic heterocycles.